The van der Waals surface area contributed by atoms with Crippen molar-refractivity contribution in [3.63, 3.8) is 0 Å². The number of β-amino-alcohol motifs (C(OH)–C–C–N with tert-alkyl or cyclic N) is 1. The van der Waals surface area contributed by atoms with E-state index in [0.29, 0.717) is 0 Å². The van der Waals surface area contributed by atoms with Gasteiger partial charge in [-0.25, -0.2) is 0 Å². The van der Waals surface area contributed by atoms with Crippen LogP contribution in [0.25, 0.3) is 0 Å². The molecule has 1 aliphatic heterocycles. The van der Waals surface area contributed by atoms with Crippen molar-refractivity contribution in [2.24, 2.45) is 0 Å². The largest absolute Gasteiger partial charge is 0.395 e. The van der Waals surface area contributed by atoms with Crippen molar-refractivity contribution in [1.82, 2.24) is 4.90 Å². The third-order valence-corrected chi connectivity index (χ3v) is 3.34. The van der Waals surface area contributed by atoms with E-state index in [-0.39, 0.29) is 24.3 Å². The molecule has 0 radical (unpaired) electrons. The number of aliphatic hydroxyl groups excluding tert-OH is 1. The van der Waals surface area contributed by atoms with Crippen LogP contribution in [-0.4, -0.2) is 35.0 Å². The molecular formula is C16H20N2O3. The first kappa shape index (κ1) is 15.3. The minimum absolute atomic E-state index is 0.00446. The summed E-state index contributed by atoms with van der Waals surface area (Å²) in [5.41, 5.74) is 2.14. The number of anilines is 1. The lowest BCUT2D eigenvalue weighted by Crippen LogP contribution is -2.34. The number of amides is 2. The predicted molar refractivity (Wildman–Crippen MR) is 80.7 cm³/mol. The summed E-state index contributed by atoms with van der Waals surface area (Å²) in [5, 5.41) is 11.9. The standard InChI is InChI=1S/C16H20N2O3/c1-16(2,3)11-5-4-6-12(9-11)17-13-10-14(20)18(7-8-19)15(13)21/h4-6,9-10,17,19H,7-8H2,1-3H3. The molecule has 1 aromatic carbocycles. The highest BCUT2D eigenvalue weighted by atomic mass is 16.3. The molecule has 0 bridgehead atoms. The van der Waals surface area contributed by atoms with Gasteiger partial charge in [0.15, 0.2) is 0 Å². The van der Waals surface area contributed by atoms with Crippen LogP contribution in [0.3, 0.4) is 0 Å². The lowest BCUT2D eigenvalue weighted by Gasteiger charge is -2.20. The quantitative estimate of drug-likeness (QED) is 0.826. The zero-order chi connectivity index (χ0) is 15.6. The summed E-state index contributed by atoms with van der Waals surface area (Å²) in [7, 11) is 0. The summed E-state index contributed by atoms with van der Waals surface area (Å²) in [6.07, 6.45) is 1.27. The normalized spacial score (nSPS) is 15.4. The van der Waals surface area contributed by atoms with Crippen LogP contribution >= 0.6 is 0 Å². The van der Waals surface area contributed by atoms with E-state index in [2.05, 4.69) is 26.1 Å². The van der Waals surface area contributed by atoms with Gasteiger partial charge >= 0.3 is 0 Å². The first-order chi connectivity index (χ1) is 9.82. The number of hydrogen-bond donors (Lipinski definition) is 2. The highest BCUT2D eigenvalue weighted by molar-refractivity contribution is 6.17. The number of aliphatic hydroxyl groups is 1. The van der Waals surface area contributed by atoms with Gasteiger partial charge in [0.25, 0.3) is 11.8 Å². The van der Waals surface area contributed by atoms with E-state index in [1.807, 2.05) is 24.3 Å². The van der Waals surface area contributed by atoms with Gasteiger partial charge in [-0.15, -0.1) is 0 Å². The van der Waals surface area contributed by atoms with E-state index in [9.17, 15) is 9.59 Å². The molecule has 112 valence electrons. The summed E-state index contributed by atoms with van der Waals surface area (Å²) < 4.78 is 0. The van der Waals surface area contributed by atoms with Crippen LogP contribution in [0.4, 0.5) is 5.69 Å². The van der Waals surface area contributed by atoms with Gasteiger partial charge in [-0.2, -0.15) is 0 Å². The van der Waals surface area contributed by atoms with Gasteiger partial charge in [0.05, 0.1) is 13.2 Å². The molecular weight excluding hydrogens is 268 g/mol. The van der Waals surface area contributed by atoms with E-state index >= 15 is 0 Å². The summed E-state index contributed by atoms with van der Waals surface area (Å²) in [6.45, 7) is 6.11. The minimum Gasteiger partial charge on any atom is -0.395 e. The molecule has 5 heteroatoms. The molecule has 0 aliphatic carbocycles. The Balaban J connectivity index is 2.18. The molecule has 0 unspecified atom stereocenters. The number of carbonyl (C=O) groups is 2. The molecule has 21 heavy (non-hydrogen) atoms. The van der Waals surface area contributed by atoms with Crippen LogP contribution in [-0.2, 0) is 15.0 Å². The topological polar surface area (TPSA) is 69.6 Å². The van der Waals surface area contributed by atoms with Crippen molar-refractivity contribution in [1.29, 1.82) is 0 Å². The summed E-state index contributed by atoms with van der Waals surface area (Å²) >= 11 is 0. The van der Waals surface area contributed by atoms with Crippen molar-refractivity contribution in [3.8, 4) is 0 Å². The molecule has 0 aromatic heterocycles. The van der Waals surface area contributed by atoms with Gasteiger partial charge in [0, 0.05) is 11.8 Å². The Hall–Kier alpha value is -2.14. The third-order valence-electron chi connectivity index (χ3n) is 3.34. The molecule has 0 atom stereocenters. The Kier molecular flexibility index (Phi) is 4.14. The van der Waals surface area contributed by atoms with Gasteiger partial charge in [-0.3, -0.25) is 14.5 Å². The molecule has 0 saturated carbocycles. The van der Waals surface area contributed by atoms with Gasteiger partial charge in [0.1, 0.15) is 5.70 Å². The van der Waals surface area contributed by atoms with Crippen molar-refractivity contribution >= 4 is 17.5 Å². The van der Waals surface area contributed by atoms with Gasteiger partial charge in [-0.05, 0) is 23.1 Å². The number of nitrogens with one attached hydrogen (secondary N) is 1. The van der Waals surface area contributed by atoms with Crippen molar-refractivity contribution in [2.45, 2.75) is 26.2 Å². The Morgan fingerprint density at radius 2 is 1.95 bits per heavy atom. The smallest absolute Gasteiger partial charge is 0.277 e. The number of carbonyl (C=O) groups excluding carboxylic acids is 2. The average Bonchev–Trinajstić information content (AvgIpc) is 2.66. The van der Waals surface area contributed by atoms with E-state index in [1.54, 1.807) is 0 Å². The fourth-order valence-electron chi connectivity index (χ4n) is 2.13. The molecule has 2 N–H and O–H groups in total. The van der Waals surface area contributed by atoms with Gasteiger partial charge in [0.2, 0.25) is 0 Å². The number of hydrogen-bond acceptors (Lipinski definition) is 4. The SMILES string of the molecule is CC(C)(C)c1cccc(NC2=CC(=O)N(CCO)C2=O)c1. The second-order valence-corrected chi connectivity index (χ2v) is 6.03. The minimum atomic E-state index is -0.407. The molecule has 2 amide bonds. The third kappa shape index (κ3) is 3.31. The fraction of sp³-hybridized carbons (Fsp3) is 0.375. The summed E-state index contributed by atoms with van der Waals surface area (Å²) in [5.74, 6) is -0.807. The van der Waals surface area contributed by atoms with Crippen molar-refractivity contribution in [2.75, 3.05) is 18.5 Å². The monoisotopic (exact) mass is 288 g/mol. The molecule has 1 aromatic rings. The Bertz CT molecular complexity index is 600. The van der Waals surface area contributed by atoms with E-state index < -0.39 is 11.8 Å². The van der Waals surface area contributed by atoms with E-state index in [0.717, 1.165) is 16.2 Å². The van der Waals surface area contributed by atoms with Crippen molar-refractivity contribution < 1.29 is 14.7 Å². The fourth-order valence-corrected chi connectivity index (χ4v) is 2.13. The van der Waals surface area contributed by atoms with Crippen molar-refractivity contribution in [3.05, 3.63) is 41.6 Å². The summed E-state index contributed by atoms with van der Waals surface area (Å²) in [4.78, 5) is 24.8. The second kappa shape index (κ2) is 5.69. The molecule has 0 saturated heterocycles. The number of benzene rings is 1. The van der Waals surface area contributed by atoms with Crippen LogP contribution in [0.5, 0.6) is 0 Å². The first-order valence-corrected chi connectivity index (χ1v) is 6.89. The van der Waals surface area contributed by atoms with Crippen LogP contribution in [0, 0.1) is 0 Å². The molecule has 0 spiro atoms. The predicted octanol–water partition coefficient (Wildman–Crippen LogP) is 1.64. The van der Waals surface area contributed by atoms with Crippen LogP contribution in [0.2, 0.25) is 0 Å². The Labute approximate surface area is 124 Å². The van der Waals surface area contributed by atoms with E-state index in [4.69, 9.17) is 5.11 Å². The number of rotatable bonds is 4. The molecule has 0 fully saturated rings. The molecule has 1 aliphatic rings. The molecule has 1 heterocycles. The maximum absolute atomic E-state index is 12.1. The highest BCUT2D eigenvalue weighted by Gasteiger charge is 2.30. The Morgan fingerprint density at radius 1 is 1.24 bits per heavy atom. The zero-order valence-electron chi connectivity index (χ0n) is 12.5. The van der Waals surface area contributed by atoms with E-state index in [1.165, 1.54) is 6.08 Å². The average molecular weight is 288 g/mol. The van der Waals surface area contributed by atoms with Gasteiger partial charge in [-0.1, -0.05) is 32.9 Å². The lowest BCUT2D eigenvalue weighted by molar-refractivity contribution is -0.137. The highest BCUT2D eigenvalue weighted by Crippen LogP contribution is 2.26. The van der Waals surface area contributed by atoms with Crippen LogP contribution in [0.15, 0.2) is 36.0 Å². The lowest BCUT2D eigenvalue weighted by atomic mass is 9.87. The van der Waals surface area contributed by atoms with Gasteiger partial charge < -0.3 is 10.4 Å². The zero-order valence-corrected chi connectivity index (χ0v) is 12.5. The maximum atomic E-state index is 12.1. The summed E-state index contributed by atoms with van der Waals surface area (Å²) in [6, 6.07) is 7.76. The molecule has 5 nitrogen and oxygen atoms in total. The Morgan fingerprint density at radius 3 is 2.57 bits per heavy atom. The number of nitrogens with zero attached hydrogens (tertiary/aromatic N) is 1. The van der Waals surface area contributed by atoms with Crippen LogP contribution in [0.1, 0.15) is 26.3 Å². The maximum Gasteiger partial charge on any atom is 0.277 e. The first-order valence-electron chi connectivity index (χ1n) is 6.89. The molecule has 2 rings (SSSR count). The second-order valence-electron chi connectivity index (χ2n) is 6.03. The van der Waals surface area contributed by atoms with Crippen LogP contribution < -0.4 is 5.32 Å². The number of imide groups is 1.